The molecule has 8 heteroatoms. The Labute approximate surface area is 115 Å². The minimum absolute atomic E-state index is 0.165. The Kier molecular flexibility index (Phi) is 4.36. The maximum Gasteiger partial charge on any atom is 0.264 e. The number of nitrogens with one attached hydrogen (secondary N) is 3. The van der Waals surface area contributed by atoms with Crippen molar-refractivity contribution in [3.8, 4) is 0 Å². The number of carbonyl (C=O) groups excluding carboxylic acids is 2. The van der Waals surface area contributed by atoms with E-state index in [9.17, 15) is 9.59 Å². The van der Waals surface area contributed by atoms with Gasteiger partial charge >= 0.3 is 0 Å². The zero-order valence-corrected chi connectivity index (χ0v) is 14.3. The van der Waals surface area contributed by atoms with E-state index in [1.54, 1.807) is 0 Å². The molecule has 0 radical (unpaired) electrons. The van der Waals surface area contributed by atoms with Crippen LogP contribution in [0.5, 0.6) is 0 Å². The fourth-order valence-corrected chi connectivity index (χ4v) is 3.05. The molecule has 2 amide bonds. The van der Waals surface area contributed by atoms with Crippen LogP contribution in [-0.2, 0) is 0 Å². The lowest BCUT2D eigenvalue weighted by molar-refractivity contribution is 0.0939. The summed E-state index contributed by atoms with van der Waals surface area (Å²) < 4.78 is 0. The molecular weight excluding hydrogens is 276 g/mol. The van der Waals surface area contributed by atoms with E-state index in [1.165, 1.54) is 6.33 Å². The van der Waals surface area contributed by atoms with Gasteiger partial charge in [0.05, 0.1) is 6.33 Å². The minimum atomic E-state index is -1.76. The first-order chi connectivity index (χ1) is 8.49. The first-order valence-corrected chi connectivity index (χ1v) is 13.2. The van der Waals surface area contributed by atoms with Crippen molar-refractivity contribution >= 4 is 28.3 Å². The van der Waals surface area contributed by atoms with Gasteiger partial charge in [-0.3, -0.25) is 9.59 Å². The lowest BCUT2D eigenvalue weighted by Crippen LogP contribution is -2.48. The molecular formula is C11H22N4O2Si2. The van der Waals surface area contributed by atoms with Gasteiger partial charge in [-0.05, 0) is 0 Å². The molecule has 1 aromatic heterocycles. The number of aromatic nitrogens is 2. The van der Waals surface area contributed by atoms with Gasteiger partial charge in [0.2, 0.25) is 0 Å². The van der Waals surface area contributed by atoms with Crippen LogP contribution in [0.3, 0.4) is 0 Å². The van der Waals surface area contributed by atoms with E-state index in [2.05, 4.69) is 19.9 Å². The second kappa shape index (κ2) is 5.29. The van der Waals surface area contributed by atoms with E-state index in [0.717, 1.165) is 0 Å². The number of imidazole rings is 1. The SMILES string of the molecule is C[Si](C)(C)NC(=O)c1nc[nH]c1C(=O)N[Si](C)(C)C. The third kappa shape index (κ3) is 4.99. The molecule has 0 fully saturated rings. The molecule has 0 atom stereocenters. The molecule has 0 unspecified atom stereocenters. The molecule has 0 aromatic carbocycles. The maximum atomic E-state index is 12.1. The second-order valence-corrected chi connectivity index (χ2v) is 16.0. The van der Waals surface area contributed by atoms with E-state index in [4.69, 9.17) is 0 Å². The Balaban J connectivity index is 2.92. The van der Waals surface area contributed by atoms with Crippen molar-refractivity contribution < 1.29 is 9.59 Å². The van der Waals surface area contributed by atoms with Crippen molar-refractivity contribution in [2.75, 3.05) is 0 Å². The van der Waals surface area contributed by atoms with Gasteiger partial charge in [-0.2, -0.15) is 0 Å². The standard InChI is InChI=1S/C11H22N4O2Si2/c1-18(2,3)14-10(16)8-9(13-7-12-8)11(17)15-19(4,5)6/h7H,1-6H3,(H,12,13)(H,14,16)(H,15,17). The summed E-state index contributed by atoms with van der Waals surface area (Å²) in [6.45, 7) is 12.1. The molecule has 0 saturated carbocycles. The van der Waals surface area contributed by atoms with Crippen LogP contribution < -0.4 is 9.96 Å². The molecule has 0 aliphatic heterocycles. The molecule has 0 bridgehead atoms. The molecule has 0 aliphatic rings. The largest absolute Gasteiger partial charge is 0.377 e. The summed E-state index contributed by atoms with van der Waals surface area (Å²) in [7, 11) is -3.51. The van der Waals surface area contributed by atoms with Crippen molar-refractivity contribution in [2.24, 2.45) is 0 Å². The Hall–Kier alpha value is -1.42. The fraction of sp³-hybridized carbons (Fsp3) is 0.545. The summed E-state index contributed by atoms with van der Waals surface area (Å²) in [5.74, 6) is -0.557. The van der Waals surface area contributed by atoms with Crippen LogP contribution >= 0.6 is 0 Å². The Morgan fingerprint density at radius 3 is 1.95 bits per heavy atom. The van der Waals surface area contributed by atoms with E-state index in [0.29, 0.717) is 0 Å². The highest BCUT2D eigenvalue weighted by Gasteiger charge is 2.26. The molecule has 0 spiro atoms. The summed E-state index contributed by atoms with van der Waals surface area (Å²) >= 11 is 0. The topological polar surface area (TPSA) is 86.9 Å². The molecule has 106 valence electrons. The van der Waals surface area contributed by atoms with Crippen LogP contribution in [0.25, 0.3) is 0 Å². The van der Waals surface area contributed by atoms with Crippen LogP contribution in [-0.4, -0.2) is 38.3 Å². The number of hydrogen-bond acceptors (Lipinski definition) is 3. The molecule has 0 aliphatic carbocycles. The van der Waals surface area contributed by atoms with E-state index in [1.807, 2.05) is 39.3 Å². The number of amides is 2. The van der Waals surface area contributed by atoms with Crippen molar-refractivity contribution in [1.29, 1.82) is 0 Å². The molecule has 19 heavy (non-hydrogen) atoms. The predicted octanol–water partition coefficient (Wildman–Crippen LogP) is 1.54. The van der Waals surface area contributed by atoms with Gasteiger partial charge in [-0.1, -0.05) is 39.3 Å². The van der Waals surface area contributed by atoms with Gasteiger partial charge in [0, 0.05) is 0 Å². The number of H-pyrrole nitrogens is 1. The van der Waals surface area contributed by atoms with Crippen molar-refractivity contribution in [1.82, 2.24) is 19.9 Å². The fourth-order valence-electron chi connectivity index (χ4n) is 1.44. The minimum Gasteiger partial charge on any atom is -0.377 e. The molecule has 1 rings (SSSR count). The summed E-state index contributed by atoms with van der Waals surface area (Å²) in [6.07, 6.45) is 1.37. The van der Waals surface area contributed by atoms with Gasteiger partial charge in [0.25, 0.3) is 11.8 Å². The summed E-state index contributed by atoms with van der Waals surface area (Å²) in [4.78, 5) is 36.8. The molecule has 3 N–H and O–H groups in total. The predicted molar refractivity (Wildman–Crippen MR) is 80.2 cm³/mol. The summed E-state index contributed by atoms with van der Waals surface area (Å²) in [6, 6.07) is 0. The lowest BCUT2D eigenvalue weighted by Gasteiger charge is -2.19. The van der Waals surface area contributed by atoms with Crippen LogP contribution in [0.4, 0.5) is 0 Å². The van der Waals surface area contributed by atoms with E-state index >= 15 is 0 Å². The molecule has 1 aromatic rings. The van der Waals surface area contributed by atoms with Crippen LogP contribution in [0.2, 0.25) is 39.3 Å². The van der Waals surface area contributed by atoms with E-state index in [-0.39, 0.29) is 23.2 Å². The van der Waals surface area contributed by atoms with E-state index < -0.39 is 16.5 Å². The van der Waals surface area contributed by atoms with Gasteiger partial charge in [-0.15, -0.1) is 0 Å². The van der Waals surface area contributed by atoms with Crippen molar-refractivity contribution in [3.05, 3.63) is 17.7 Å². The monoisotopic (exact) mass is 298 g/mol. The van der Waals surface area contributed by atoms with Gasteiger partial charge in [-0.25, -0.2) is 4.98 Å². The number of aromatic amines is 1. The third-order valence-electron chi connectivity index (χ3n) is 2.06. The highest BCUT2D eigenvalue weighted by molar-refractivity contribution is 6.76. The van der Waals surface area contributed by atoms with Gasteiger partial charge < -0.3 is 14.9 Å². The average molecular weight is 298 g/mol. The number of carbonyl (C=O) groups is 2. The number of hydrogen-bond donors (Lipinski definition) is 3. The smallest absolute Gasteiger partial charge is 0.264 e. The highest BCUT2D eigenvalue weighted by Crippen LogP contribution is 2.07. The normalized spacial score (nSPS) is 12.1. The molecule has 6 nitrogen and oxygen atoms in total. The first kappa shape index (κ1) is 15.6. The zero-order valence-electron chi connectivity index (χ0n) is 12.3. The Morgan fingerprint density at radius 1 is 1.00 bits per heavy atom. The zero-order chi connectivity index (χ0) is 14.8. The van der Waals surface area contributed by atoms with Crippen molar-refractivity contribution in [2.45, 2.75) is 39.3 Å². The van der Waals surface area contributed by atoms with Gasteiger partial charge in [0.15, 0.2) is 5.69 Å². The van der Waals surface area contributed by atoms with Crippen LogP contribution in [0.1, 0.15) is 21.0 Å². The lowest BCUT2D eigenvalue weighted by atomic mass is 10.3. The summed E-state index contributed by atoms with van der Waals surface area (Å²) in [5, 5.41) is 0. The summed E-state index contributed by atoms with van der Waals surface area (Å²) in [5.41, 5.74) is 0.399. The van der Waals surface area contributed by atoms with Crippen LogP contribution in [0, 0.1) is 0 Å². The van der Waals surface area contributed by atoms with Crippen molar-refractivity contribution in [3.63, 3.8) is 0 Å². The Morgan fingerprint density at radius 2 is 1.47 bits per heavy atom. The number of rotatable bonds is 4. The average Bonchev–Trinajstić information content (AvgIpc) is 2.59. The highest BCUT2D eigenvalue weighted by atomic mass is 28.3. The second-order valence-electron chi connectivity index (χ2n) is 6.53. The first-order valence-electron chi connectivity index (χ1n) is 6.18. The third-order valence-corrected chi connectivity index (χ3v) is 4.01. The Bertz CT molecular complexity index is 443. The number of nitrogens with zero attached hydrogens (tertiary/aromatic N) is 1. The molecule has 0 saturated heterocycles. The quantitative estimate of drug-likeness (QED) is 0.737. The molecule has 1 heterocycles. The maximum absolute atomic E-state index is 12.1. The van der Waals surface area contributed by atoms with Gasteiger partial charge in [0.1, 0.15) is 22.2 Å². The van der Waals surface area contributed by atoms with Crippen LogP contribution in [0.15, 0.2) is 6.33 Å².